The minimum atomic E-state index is 0.294. The molecule has 0 aromatic heterocycles. The van der Waals surface area contributed by atoms with E-state index in [2.05, 4.69) is 13.0 Å². The molecule has 0 atom stereocenters. The largest absolute Gasteiger partial charge is 0.497 e. The van der Waals surface area contributed by atoms with Crippen molar-refractivity contribution in [3.05, 3.63) is 35.3 Å². The Hall–Kier alpha value is -1.22. The molecule has 106 valence electrons. The predicted molar refractivity (Wildman–Crippen MR) is 75.7 cm³/mol. The number of methoxy groups -OCH3 is 2. The molecule has 1 fully saturated rings. The zero-order valence-electron chi connectivity index (χ0n) is 12.2. The lowest BCUT2D eigenvalue weighted by Gasteiger charge is -2.37. The first-order valence-electron chi connectivity index (χ1n) is 6.93. The van der Waals surface area contributed by atoms with E-state index in [1.54, 1.807) is 14.2 Å². The van der Waals surface area contributed by atoms with E-state index in [0.717, 1.165) is 50.4 Å². The fraction of sp³-hybridized carbons (Fsp3) is 0.625. The summed E-state index contributed by atoms with van der Waals surface area (Å²) >= 11 is 0. The molecule has 0 amide bonds. The smallest absolute Gasteiger partial charge is 0.117 e. The van der Waals surface area contributed by atoms with E-state index in [9.17, 15) is 0 Å². The molecule has 0 saturated carbocycles. The SMILES string of the molecule is COC1=C\CC2(CCOCC2)C/C(C)=C(OC)/C=C\1. The van der Waals surface area contributed by atoms with Gasteiger partial charge >= 0.3 is 0 Å². The molecule has 0 N–H and O–H groups in total. The van der Waals surface area contributed by atoms with Gasteiger partial charge in [-0.3, -0.25) is 0 Å². The van der Waals surface area contributed by atoms with Gasteiger partial charge in [-0.05, 0) is 61.8 Å². The van der Waals surface area contributed by atoms with E-state index in [1.807, 2.05) is 12.2 Å². The highest BCUT2D eigenvalue weighted by Gasteiger charge is 2.33. The lowest BCUT2D eigenvalue weighted by atomic mass is 9.72. The van der Waals surface area contributed by atoms with Gasteiger partial charge in [-0.1, -0.05) is 0 Å². The molecule has 0 unspecified atom stereocenters. The molecular formula is C16H24O3. The fourth-order valence-corrected chi connectivity index (χ4v) is 2.99. The number of hydrogen-bond donors (Lipinski definition) is 0. The van der Waals surface area contributed by atoms with Crippen molar-refractivity contribution in [2.45, 2.75) is 32.6 Å². The molecular weight excluding hydrogens is 240 g/mol. The summed E-state index contributed by atoms with van der Waals surface area (Å²) < 4.78 is 16.4. The Morgan fingerprint density at radius 2 is 1.84 bits per heavy atom. The lowest BCUT2D eigenvalue weighted by Crippen LogP contribution is -2.29. The average Bonchev–Trinajstić information content (AvgIpc) is 2.48. The Morgan fingerprint density at radius 1 is 1.11 bits per heavy atom. The first-order valence-corrected chi connectivity index (χ1v) is 6.93. The van der Waals surface area contributed by atoms with Crippen LogP contribution in [0.25, 0.3) is 0 Å². The number of hydrogen-bond acceptors (Lipinski definition) is 3. The van der Waals surface area contributed by atoms with E-state index in [1.165, 1.54) is 5.57 Å². The molecule has 1 spiro atoms. The molecule has 0 aromatic carbocycles. The minimum absolute atomic E-state index is 0.294. The highest BCUT2D eigenvalue weighted by molar-refractivity contribution is 5.27. The van der Waals surface area contributed by atoms with Crippen LogP contribution in [0, 0.1) is 5.41 Å². The summed E-state index contributed by atoms with van der Waals surface area (Å²) in [4.78, 5) is 0. The topological polar surface area (TPSA) is 27.7 Å². The Bertz CT molecular complexity index is 398. The van der Waals surface area contributed by atoms with Crippen molar-refractivity contribution in [3.8, 4) is 0 Å². The van der Waals surface area contributed by atoms with E-state index in [-0.39, 0.29) is 0 Å². The van der Waals surface area contributed by atoms with Crippen molar-refractivity contribution in [2.75, 3.05) is 27.4 Å². The van der Waals surface area contributed by atoms with Gasteiger partial charge in [0, 0.05) is 13.2 Å². The van der Waals surface area contributed by atoms with Crippen LogP contribution in [0.3, 0.4) is 0 Å². The molecule has 3 heteroatoms. The van der Waals surface area contributed by atoms with Crippen molar-refractivity contribution >= 4 is 0 Å². The van der Waals surface area contributed by atoms with Gasteiger partial charge in [0.1, 0.15) is 11.5 Å². The first-order chi connectivity index (χ1) is 9.19. The summed E-state index contributed by atoms with van der Waals surface area (Å²) in [6, 6.07) is 0. The van der Waals surface area contributed by atoms with Gasteiger partial charge in [0.2, 0.25) is 0 Å². The molecule has 2 rings (SSSR count). The molecule has 0 aromatic rings. The van der Waals surface area contributed by atoms with Crippen LogP contribution < -0.4 is 0 Å². The van der Waals surface area contributed by atoms with E-state index < -0.39 is 0 Å². The Kier molecular flexibility index (Phi) is 4.70. The van der Waals surface area contributed by atoms with Crippen LogP contribution in [0.1, 0.15) is 32.6 Å². The van der Waals surface area contributed by atoms with Crippen LogP contribution in [0.4, 0.5) is 0 Å². The highest BCUT2D eigenvalue weighted by Crippen LogP contribution is 2.42. The second-order valence-corrected chi connectivity index (χ2v) is 5.49. The zero-order valence-corrected chi connectivity index (χ0v) is 12.2. The summed E-state index contributed by atoms with van der Waals surface area (Å²) in [5.74, 6) is 1.87. The van der Waals surface area contributed by atoms with Gasteiger partial charge in [0.25, 0.3) is 0 Å². The third kappa shape index (κ3) is 3.41. The molecule has 1 aliphatic heterocycles. The van der Waals surface area contributed by atoms with E-state index >= 15 is 0 Å². The molecule has 1 saturated heterocycles. The molecule has 0 radical (unpaired) electrons. The fourth-order valence-electron chi connectivity index (χ4n) is 2.99. The first kappa shape index (κ1) is 14.2. The van der Waals surface area contributed by atoms with Crippen LogP contribution in [0.2, 0.25) is 0 Å². The van der Waals surface area contributed by atoms with Crippen molar-refractivity contribution in [2.24, 2.45) is 5.41 Å². The minimum Gasteiger partial charge on any atom is -0.497 e. The Morgan fingerprint density at radius 3 is 2.47 bits per heavy atom. The Balaban J connectivity index is 2.32. The standard InChI is InChI=1S/C16H24O3/c1-13-12-16(8-10-19-11-9-16)7-6-14(17-2)4-5-15(13)18-3/h4-6H,7-12H2,1-3H3/b5-4-,14-6-,15-13-. The maximum absolute atomic E-state index is 5.53. The summed E-state index contributed by atoms with van der Waals surface area (Å²) in [6.45, 7) is 3.89. The highest BCUT2D eigenvalue weighted by atomic mass is 16.5. The number of allylic oxidation sites excluding steroid dienone is 4. The second kappa shape index (κ2) is 6.29. The van der Waals surface area contributed by atoms with Crippen LogP contribution in [-0.4, -0.2) is 27.4 Å². The summed E-state index contributed by atoms with van der Waals surface area (Å²) in [5, 5.41) is 0. The van der Waals surface area contributed by atoms with Crippen LogP contribution in [0.15, 0.2) is 35.3 Å². The summed E-state index contributed by atoms with van der Waals surface area (Å²) in [6.07, 6.45) is 10.5. The van der Waals surface area contributed by atoms with Gasteiger partial charge in [-0.15, -0.1) is 0 Å². The third-order valence-electron chi connectivity index (χ3n) is 4.21. The predicted octanol–water partition coefficient (Wildman–Crippen LogP) is 3.58. The maximum Gasteiger partial charge on any atom is 0.117 e. The van der Waals surface area contributed by atoms with E-state index in [0.29, 0.717) is 5.41 Å². The Labute approximate surface area is 115 Å². The van der Waals surface area contributed by atoms with E-state index in [4.69, 9.17) is 14.2 Å². The van der Waals surface area contributed by atoms with Crippen molar-refractivity contribution in [3.63, 3.8) is 0 Å². The van der Waals surface area contributed by atoms with Crippen molar-refractivity contribution in [1.29, 1.82) is 0 Å². The van der Waals surface area contributed by atoms with Crippen LogP contribution >= 0.6 is 0 Å². The summed E-state index contributed by atoms with van der Waals surface area (Å²) in [5.41, 5.74) is 1.61. The van der Waals surface area contributed by atoms with Crippen LogP contribution in [0.5, 0.6) is 0 Å². The third-order valence-corrected chi connectivity index (χ3v) is 4.21. The van der Waals surface area contributed by atoms with Crippen molar-refractivity contribution < 1.29 is 14.2 Å². The summed E-state index contributed by atoms with van der Waals surface area (Å²) in [7, 11) is 3.45. The van der Waals surface area contributed by atoms with Gasteiger partial charge < -0.3 is 14.2 Å². The molecule has 2 aliphatic rings. The zero-order chi connectivity index (χ0) is 13.7. The molecule has 3 nitrogen and oxygen atoms in total. The van der Waals surface area contributed by atoms with Crippen LogP contribution in [-0.2, 0) is 14.2 Å². The molecule has 1 aliphatic carbocycles. The number of ether oxygens (including phenoxy) is 3. The van der Waals surface area contributed by atoms with Gasteiger partial charge in [0.15, 0.2) is 0 Å². The normalized spacial score (nSPS) is 31.6. The second-order valence-electron chi connectivity index (χ2n) is 5.49. The quantitative estimate of drug-likeness (QED) is 0.763. The van der Waals surface area contributed by atoms with Gasteiger partial charge in [-0.2, -0.15) is 0 Å². The average molecular weight is 264 g/mol. The van der Waals surface area contributed by atoms with Gasteiger partial charge in [0.05, 0.1) is 14.2 Å². The maximum atomic E-state index is 5.53. The van der Waals surface area contributed by atoms with Crippen molar-refractivity contribution in [1.82, 2.24) is 0 Å². The molecule has 19 heavy (non-hydrogen) atoms. The number of rotatable bonds is 2. The van der Waals surface area contributed by atoms with Gasteiger partial charge in [-0.25, -0.2) is 0 Å². The monoisotopic (exact) mass is 264 g/mol. The molecule has 0 bridgehead atoms. The lowest BCUT2D eigenvalue weighted by molar-refractivity contribution is 0.0153. The molecule has 1 heterocycles.